The smallest absolute Gasteiger partial charge is 0.272 e. The number of aromatic amines is 1. The first kappa shape index (κ1) is 13.6. The van der Waals surface area contributed by atoms with Gasteiger partial charge in [-0.3, -0.25) is 9.59 Å². The molecule has 2 aromatic rings. The summed E-state index contributed by atoms with van der Waals surface area (Å²) in [6, 6.07) is 11.5. The molecule has 100 valence electrons. The van der Waals surface area contributed by atoms with Crippen LogP contribution in [0.4, 0.5) is 5.69 Å². The largest absolute Gasteiger partial charge is 0.321 e. The quantitative estimate of drug-likeness (QED) is 0.707. The number of nitrogens with two attached hydrogens (primary N) is 1. The third-order valence-corrected chi connectivity index (χ3v) is 2.49. The molecular weight excluding hydrogens is 254 g/mol. The Morgan fingerprint density at radius 1 is 1.20 bits per heavy atom. The van der Waals surface area contributed by atoms with Gasteiger partial charge in [0.1, 0.15) is 5.69 Å². The molecular formula is C15H13N3O2. The third-order valence-electron chi connectivity index (χ3n) is 2.49. The van der Waals surface area contributed by atoms with E-state index in [0.29, 0.717) is 12.2 Å². The average molecular weight is 267 g/mol. The zero-order chi connectivity index (χ0) is 14.4. The number of hydrogen-bond donors (Lipinski definition) is 3. The zero-order valence-electron chi connectivity index (χ0n) is 10.6. The minimum atomic E-state index is -0.372. The van der Waals surface area contributed by atoms with E-state index in [4.69, 9.17) is 5.73 Å². The molecule has 0 unspecified atom stereocenters. The Balaban J connectivity index is 2.10. The van der Waals surface area contributed by atoms with Crippen LogP contribution in [0.25, 0.3) is 0 Å². The maximum atomic E-state index is 11.9. The minimum absolute atomic E-state index is 0.212. The van der Waals surface area contributed by atoms with Crippen LogP contribution in [0.5, 0.6) is 0 Å². The second-order valence-electron chi connectivity index (χ2n) is 3.97. The molecule has 0 atom stereocenters. The number of carbonyl (C=O) groups excluding carboxylic acids is 1. The highest BCUT2D eigenvalue weighted by molar-refractivity contribution is 6.02. The predicted molar refractivity (Wildman–Crippen MR) is 77.4 cm³/mol. The summed E-state index contributed by atoms with van der Waals surface area (Å²) in [5.74, 6) is 5.26. The van der Waals surface area contributed by atoms with E-state index in [2.05, 4.69) is 22.1 Å². The minimum Gasteiger partial charge on any atom is -0.321 e. The summed E-state index contributed by atoms with van der Waals surface area (Å²) < 4.78 is 0. The Hall–Kier alpha value is -2.84. The molecule has 4 N–H and O–H groups in total. The number of hydrogen-bond acceptors (Lipinski definition) is 3. The van der Waals surface area contributed by atoms with E-state index in [1.807, 2.05) is 0 Å². The molecule has 0 aliphatic rings. The maximum Gasteiger partial charge on any atom is 0.272 e. The fraction of sp³-hybridized carbons (Fsp3) is 0.0667. The van der Waals surface area contributed by atoms with Gasteiger partial charge in [-0.1, -0.05) is 17.9 Å². The molecule has 0 fully saturated rings. The van der Waals surface area contributed by atoms with Crippen molar-refractivity contribution in [1.82, 2.24) is 4.98 Å². The Kier molecular flexibility index (Phi) is 4.32. The first-order valence-electron chi connectivity index (χ1n) is 5.99. The van der Waals surface area contributed by atoms with E-state index in [1.165, 1.54) is 18.2 Å². The van der Waals surface area contributed by atoms with Crippen LogP contribution in [0.15, 0.2) is 47.3 Å². The van der Waals surface area contributed by atoms with Crippen LogP contribution in [0.1, 0.15) is 16.1 Å². The molecule has 1 heterocycles. The van der Waals surface area contributed by atoms with E-state index < -0.39 is 0 Å². The molecule has 0 saturated carbocycles. The molecule has 1 aromatic heterocycles. The van der Waals surface area contributed by atoms with Gasteiger partial charge in [0, 0.05) is 17.3 Å². The molecule has 0 bridgehead atoms. The van der Waals surface area contributed by atoms with Gasteiger partial charge in [0.25, 0.3) is 5.91 Å². The number of aromatic nitrogens is 1. The lowest BCUT2D eigenvalue weighted by Gasteiger charge is -2.04. The Morgan fingerprint density at radius 2 is 1.95 bits per heavy atom. The van der Waals surface area contributed by atoms with Gasteiger partial charge in [-0.15, -0.1) is 0 Å². The number of benzene rings is 1. The molecule has 1 amide bonds. The molecule has 0 spiro atoms. The van der Waals surface area contributed by atoms with Crippen molar-refractivity contribution in [3.63, 3.8) is 0 Å². The van der Waals surface area contributed by atoms with Crippen LogP contribution in [-0.4, -0.2) is 17.4 Å². The second-order valence-corrected chi connectivity index (χ2v) is 3.97. The lowest BCUT2D eigenvalue weighted by Crippen LogP contribution is -2.17. The van der Waals surface area contributed by atoms with E-state index >= 15 is 0 Å². The Bertz CT molecular complexity index is 721. The maximum absolute atomic E-state index is 11.9. The summed E-state index contributed by atoms with van der Waals surface area (Å²) in [5, 5.41) is 2.69. The highest BCUT2D eigenvalue weighted by Crippen LogP contribution is 2.09. The molecule has 0 aliphatic heterocycles. The van der Waals surface area contributed by atoms with Crippen molar-refractivity contribution in [3.05, 3.63) is 64.1 Å². The van der Waals surface area contributed by atoms with Crippen molar-refractivity contribution in [1.29, 1.82) is 0 Å². The van der Waals surface area contributed by atoms with Crippen LogP contribution in [0, 0.1) is 11.8 Å². The fourth-order valence-electron chi connectivity index (χ4n) is 1.57. The first-order chi connectivity index (χ1) is 9.69. The Labute approximate surface area is 115 Å². The summed E-state index contributed by atoms with van der Waals surface area (Å²) in [7, 11) is 0. The number of carbonyl (C=O) groups is 1. The van der Waals surface area contributed by atoms with E-state index in [9.17, 15) is 9.59 Å². The SMILES string of the molecule is NCC#Cc1ccc(NC(=O)c2cccc(=O)[nH]2)cc1. The number of amides is 1. The van der Waals surface area contributed by atoms with E-state index in [1.54, 1.807) is 24.3 Å². The van der Waals surface area contributed by atoms with Crippen LogP contribution >= 0.6 is 0 Å². The second kappa shape index (κ2) is 6.36. The molecule has 5 heteroatoms. The highest BCUT2D eigenvalue weighted by Gasteiger charge is 2.06. The van der Waals surface area contributed by atoms with Crippen molar-refractivity contribution in [2.75, 3.05) is 11.9 Å². The molecule has 5 nitrogen and oxygen atoms in total. The van der Waals surface area contributed by atoms with E-state index in [-0.39, 0.29) is 17.2 Å². The van der Waals surface area contributed by atoms with Gasteiger partial charge in [-0.05, 0) is 30.3 Å². The predicted octanol–water partition coefficient (Wildman–Crippen LogP) is 0.937. The first-order valence-corrected chi connectivity index (χ1v) is 5.99. The standard InChI is InChI=1S/C15H13N3O2/c16-10-2-3-11-6-8-12(9-7-11)17-15(20)13-4-1-5-14(19)18-13/h1,4-9H,10,16H2,(H,17,20)(H,18,19). The molecule has 0 radical (unpaired) electrons. The highest BCUT2D eigenvalue weighted by atomic mass is 16.2. The van der Waals surface area contributed by atoms with Crippen LogP contribution in [-0.2, 0) is 0 Å². The van der Waals surface area contributed by atoms with Crippen LogP contribution in [0.2, 0.25) is 0 Å². The number of nitrogens with one attached hydrogen (secondary N) is 2. The number of rotatable bonds is 2. The van der Waals surface area contributed by atoms with Crippen molar-refractivity contribution in [3.8, 4) is 11.8 Å². The lowest BCUT2D eigenvalue weighted by atomic mass is 10.2. The van der Waals surface area contributed by atoms with Gasteiger partial charge < -0.3 is 16.0 Å². The molecule has 0 aliphatic carbocycles. The van der Waals surface area contributed by atoms with Crippen molar-refractivity contribution < 1.29 is 4.79 Å². The number of H-pyrrole nitrogens is 1. The zero-order valence-corrected chi connectivity index (χ0v) is 10.6. The van der Waals surface area contributed by atoms with Gasteiger partial charge in [0.2, 0.25) is 5.56 Å². The summed E-state index contributed by atoms with van der Waals surface area (Å²) >= 11 is 0. The summed E-state index contributed by atoms with van der Waals surface area (Å²) in [5.41, 5.74) is 6.63. The molecule has 0 saturated heterocycles. The third kappa shape index (κ3) is 3.57. The van der Waals surface area contributed by atoms with Gasteiger partial charge in [-0.25, -0.2) is 0 Å². The Morgan fingerprint density at radius 3 is 2.60 bits per heavy atom. The van der Waals surface area contributed by atoms with E-state index in [0.717, 1.165) is 5.56 Å². The van der Waals surface area contributed by atoms with Crippen molar-refractivity contribution in [2.24, 2.45) is 5.73 Å². The van der Waals surface area contributed by atoms with Gasteiger partial charge >= 0.3 is 0 Å². The summed E-state index contributed by atoms with van der Waals surface area (Å²) in [4.78, 5) is 25.5. The summed E-state index contributed by atoms with van der Waals surface area (Å²) in [6.45, 7) is 0.305. The topological polar surface area (TPSA) is 88.0 Å². The van der Waals surface area contributed by atoms with Gasteiger partial charge in [0.05, 0.1) is 6.54 Å². The summed E-state index contributed by atoms with van der Waals surface area (Å²) in [6.07, 6.45) is 0. The van der Waals surface area contributed by atoms with Crippen LogP contribution < -0.4 is 16.6 Å². The van der Waals surface area contributed by atoms with Crippen molar-refractivity contribution in [2.45, 2.75) is 0 Å². The number of anilines is 1. The molecule has 2 rings (SSSR count). The number of pyridine rings is 1. The van der Waals surface area contributed by atoms with Crippen LogP contribution in [0.3, 0.4) is 0 Å². The molecule has 20 heavy (non-hydrogen) atoms. The monoisotopic (exact) mass is 267 g/mol. The van der Waals surface area contributed by atoms with Crippen molar-refractivity contribution >= 4 is 11.6 Å². The fourth-order valence-corrected chi connectivity index (χ4v) is 1.57. The van der Waals surface area contributed by atoms with Gasteiger partial charge in [-0.2, -0.15) is 0 Å². The van der Waals surface area contributed by atoms with Gasteiger partial charge in [0.15, 0.2) is 0 Å². The lowest BCUT2D eigenvalue weighted by molar-refractivity contribution is 0.102. The average Bonchev–Trinajstić information content (AvgIpc) is 2.46. The normalized spacial score (nSPS) is 9.45. The molecule has 1 aromatic carbocycles.